The van der Waals surface area contributed by atoms with Gasteiger partial charge in [-0.3, -0.25) is 9.59 Å². The predicted molar refractivity (Wildman–Crippen MR) is 93.8 cm³/mol. The van der Waals surface area contributed by atoms with E-state index in [0.29, 0.717) is 24.1 Å². The third-order valence-electron chi connectivity index (χ3n) is 4.77. The van der Waals surface area contributed by atoms with Crippen LogP contribution in [0.15, 0.2) is 23.1 Å². The predicted octanol–water partition coefficient (Wildman–Crippen LogP) is 2.22. The maximum atomic E-state index is 12.4. The number of hydrogen-bond donors (Lipinski definition) is 2. The van der Waals surface area contributed by atoms with Crippen molar-refractivity contribution in [2.45, 2.75) is 43.9 Å². The van der Waals surface area contributed by atoms with Crippen LogP contribution >= 0.6 is 0 Å². The Bertz CT molecular complexity index is 780. The van der Waals surface area contributed by atoms with Crippen LogP contribution in [0.4, 0.5) is 5.69 Å². The number of anilines is 1. The van der Waals surface area contributed by atoms with Crippen molar-refractivity contribution in [1.82, 2.24) is 4.31 Å². The van der Waals surface area contributed by atoms with Gasteiger partial charge in [-0.25, -0.2) is 12.7 Å². The van der Waals surface area contributed by atoms with Gasteiger partial charge in [0.05, 0.1) is 10.3 Å². The van der Waals surface area contributed by atoms with Crippen molar-refractivity contribution in [3.05, 3.63) is 23.8 Å². The number of rotatable bonds is 6. The van der Waals surface area contributed by atoms with E-state index in [4.69, 9.17) is 0 Å². The Kier molecular flexibility index (Phi) is 5.53. The number of nitrogens with one attached hydrogen (secondary N) is 1. The van der Waals surface area contributed by atoms with E-state index in [2.05, 4.69) is 5.32 Å². The summed E-state index contributed by atoms with van der Waals surface area (Å²) in [5, 5.41) is 12.2. The summed E-state index contributed by atoms with van der Waals surface area (Å²) in [5.74, 6) is -1.35. The molecule has 8 heteroatoms. The second kappa shape index (κ2) is 7.13. The molecule has 25 heavy (non-hydrogen) atoms. The van der Waals surface area contributed by atoms with Gasteiger partial charge in [-0.2, -0.15) is 0 Å². The lowest BCUT2D eigenvalue weighted by Gasteiger charge is -2.23. The normalized spacial score (nSPS) is 16.8. The number of amides is 1. The lowest BCUT2D eigenvalue weighted by molar-refractivity contribution is -0.150. The van der Waals surface area contributed by atoms with Gasteiger partial charge < -0.3 is 10.4 Å². The molecule has 0 unspecified atom stereocenters. The first-order valence-corrected chi connectivity index (χ1v) is 9.59. The maximum absolute atomic E-state index is 12.4. The maximum Gasteiger partial charge on any atom is 0.310 e. The Hall–Kier alpha value is -1.93. The molecule has 1 fully saturated rings. The van der Waals surface area contributed by atoms with Crippen LogP contribution in [0.5, 0.6) is 0 Å². The van der Waals surface area contributed by atoms with E-state index in [0.717, 1.165) is 17.1 Å². The molecule has 1 aliphatic rings. The highest BCUT2D eigenvalue weighted by Gasteiger charge is 2.43. The fourth-order valence-corrected chi connectivity index (χ4v) is 4.06. The molecule has 0 spiro atoms. The van der Waals surface area contributed by atoms with Crippen molar-refractivity contribution in [2.75, 3.05) is 19.4 Å². The van der Waals surface area contributed by atoms with Crippen molar-refractivity contribution < 1.29 is 23.1 Å². The molecule has 1 aliphatic carbocycles. The van der Waals surface area contributed by atoms with Gasteiger partial charge in [0, 0.05) is 26.2 Å². The van der Waals surface area contributed by atoms with Gasteiger partial charge >= 0.3 is 5.97 Å². The Morgan fingerprint density at radius 2 is 1.84 bits per heavy atom. The summed E-state index contributed by atoms with van der Waals surface area (Å²) in [6.45, 7) is 1.75. The van der Waals surface area contributed by atoms with Crippen LogP contribution < -0.4 is 5.32 Å². The van der Waals surface area contributed by atoms with Gasteiger partial charge in [0.25, 0.3) is 0 Å². The van der Waals surface area contributed by atoms with Gasteiger partial charge in [-0.05, 0) is 37.5 Å². The quantitative estimate of drug-likeness (QED) is 0.801. The zero-order chi connectivity index (χ0) is 18.8. The summed E-state index contributed by atoms with van der Waals surface area (Å²) in [5.41, 5.74) is 0.0824. The smallest absolute Gasteiger partial charge is 0.310 e. The van der Waals surface area contributed by atoms with E-state index in [-0.39, 0.29) is 11.3 Å². The zero-order valence-electron chi connectivity index (χ0n) is 14.7. The van der Waals surface area contributed by atoms with E-state index in [1.54, 1.807) is 13.0 Å². The fourth-order valence-electron chi connectivity index (χ4n) is 3.13. The van der Waals surface area contributed by atoms with Crippen LogP contribution in [0.1, 0.15) is 37.7 Å². The number of benzene rings is 1. The number of aryl methyl sites for hydroxylation is 1. The van der Waals surface area contributed by atoms with Crippen LogP contribution in [-0.4, -0.2) is 43.8 Å². The number of carboxylic acid groups (broad SMARTS) is 1. The second-order valence-electron chi connectivity index (χ2n) is 6.78. The van der Waals surface area contributed by atoms with Crippen molar-refractivity contribution in [3.63, 3.8) is 0 Å². The second-order valence-corrected chi connectivity index (χ2v) is 8.93. The molecule has 0 atom stereocenters. The monoisotopic (exact) mass is 368 g/mol. The summed E-state index contributed by atoms with van der Waals surface area (Å²) in [7, 11) is -0.743. The van der Waals surface area contributed by atoms with Crippen LogP contribution in [0.2, 0.25) is 0 Å². The average Bonchev–Trinajstić information content (AvgIpc) is 2.98. The van der Waals surface area contributed by atoms with Crippen molar-refractivity contribution in [3.8, 4) is 0 Å². The SMILES string of the molecule is Cc1ccc(S(=O)(=O)N(C)C)cc1NC(=O)CC1(C(=O)O)CCCC1. The number of carbonyl (C=O) groups is 2. The molecule has 0 aliphatic heterocycles. The lowest BCUT2D eigenvalue weighted by Crippen LogP contribution is -2.33. The highest BCUT2D eigenvalue weighted by molar-refractivity contribution is 7.89. The molecule has 0 radical (unpaired) electrons. The number of nitrogens with zero attached hydrogens (tertiary/aromatic N) is 1. The fraction of sp³-hybridized carbons (Fsp3) is 0.529. The van der Waals surface area contributed by atoms with Gasteiger partial charge in [0.1, 0.15) is 0 Å². The molecule has 1 amide bonds. The average molecular weight is 368 g/mol. The van der Waals surface area contributed by atoms with Gasteiger partial charge in [-0.1, -0.05) is 18.9 Å². The van der Waals surface area contributed by atoms with Crippen molar-refractivity contribution in [1.29, 1.82) is 0 Å². The van der Waals surface area contributed by atoms with E-state index in [1.807, 2.05) is 0 Å². The summed E-state index contributed by atoms with van der Waals surface area (Å²) >= 11 is 0. The van der Waals surface area contributed by atoms with Crippen molar-refractivity contribution >= 4 is 27.6 Å². The molecule has 1 saturated carbocycles. The van der Waals surface area contributed by atoms with Crippen LogP contribution in [0, 0.1) is 12.3 Å². The molecule has 0 saturated heterocycles. The molecule has 2 rings (SSSR count). The Balaban J connectivity index is 2.22. The summed E-state index contributed by atoms with van der Waals surface area (Å²) in [4.78, 5) is 24.0. The molecule has 2 N–H and O–H groups in total. The van der Waals surface area contributed by atoms with Gasteiger partial charge in [0.2, 0.25) is 15.9 Å². The number of aliphatic carboxylic acids is 1. The summed E-state index contributed by atoms with van der Waals surface area (Å²) in [6, 6.07) is 4.51. The van der Waals surface area contributed by atoms with E-state index >= 15 is 0 Å². The zero-order valence-corrected chi connectivity index (χ0v) is 15.5. The van der Waals surface area contributed by atoms with E-state index in [1.165, 1.54) is 26.2 Å². The Labute approximate surface area is 148 Å². The topological polar surface area (TPSA) is 104 Å². The number of hydrogen-bond acceptors (Lipinski definition) is 4. The molecule has 7 nitrogen and oxygen atoms in total. The first-order valence-electron chi connectivity index (χ1n) is 8.15. The van der Waals surface area contributed by atoms with Crippen LogP contribution in [0.25, 0.3) is 0 Å². The molecule has 138 valence electrons. The highest BCUT2D eigenvalue weighted by atomic mass is 32.2. The lowest BCUT2D eigenvalue weighted by atomic mass is 9.82. The van der Waals surface area contributed by atoms with Crippen LogP contribution in [0.3, 0.4) is 0 Å². The third-order valence-corrected chi connectivity index (χ3v) is 6.59. The minimum Gasteiger partial charge on any atom is -0.481 e. The minimum absolute atomic E-state index is 0.0761. The minimum atomic E-state index is -3.61. The summed E-state index contributed by atoms with van der Waals surface area (Å²) < 4.78 is 25.6. The molecule has 1 aromatic rings. The number of carbonyl (C=O) groups excluding carboxylic acids is 1. The molecule has 0 bridgehead atoms. The molecule has 0 aromatic heterocycles. The van der Waals surface area contributed by atoms with Gasteiger partial charge in [-0.15, -0.1) is 0 Å². The number of sulfonamides is 1. The van der Waals surface area contributed by atoms with E-state index in [9.17, 15) is 23.1 Å². The Morgan fingerprint density at radius 1 is 1.24 bits per heavy atom. The first kappa shape index (κ1) is 19.4. The van der Waals surface area contributed by atoms with E-state index < -0.39 is 27.3 Å². The van der Waals surface area contributed by atoms with Gasteiger partial charge in [0.15, 0.2) is 0 Å². The molecular formula is C17H24N2O5S. The standard InChI is InChI=1S/C17H24N2O5S/c1-12-6-7-13(25(23,24)19(2)3)10-14(12)18-15(20)11-17(16(21)22)8-4-5-9-17/h6-7,10H,4-5,8-9,11H2,1-3H3,(H,18,20)(H,21,22). The number of carboxylic acids is 1. The summed E-state index contributed by atoms with van der Waals surface area (Å²) in [6.07, 6.45) is 2.48. The molecular weight excluding hydrogens is 344 g/mol. The Morgan fingerprint density at radius 3 is 2.36 bits per heavy atom. The molecule has 0 heterocycles. The molecule has 1 aromatic carbocycles. The third kappa shape index (κ3) is 4.01. The van der Waals surface area contributed by atoms with Crippen LogP contribution in [-0.2, 0) is 19.6 Å². The van der Waals surface area contributed by atoms with Crippen molar-refractivity contribution in [2.24, 2.45) is 5.41 Å². The highest BCUT2D eigenvalue weighted by Crippen LogP contribution is 2.41. The largest absolute Gasteiger partial charge is 0.481 e. The first-order chi connectivity index (χ1) is 11.6.